The lowest BCUT2D eigenvalue weighted by molar-refractivity contribution is 1.35. The van der Waals surface area contributed by atoms with Gasteiger partial charge in [0.1, 0.15) is 0 Å². The summed E-state index contributed by atoms with van der Waals surface area (Å²) in [5, 5.41) is 3.42. The van der Waals surface area contributed by atoms with Gasteiger partial charge in [-0.25, -0.2) is 0 Å². The van der Waals surface area contributed by atoms with Crippen LogP contribution in [0.25, 0.3) is 0 Å². The molecule has 2 aromatic carbocycles. The van der Waals surface area contributed by atoms with E-state index in [0.29, 0.717) is 0 Å². The number of nitrogens with two attached hydrogens (primary N) is 1. The highest BCUT2D eigenvalue weighted by Crippen LogP contribution is 2.29. The van der Waals surface area contributed by atoms with Crippen molar-refractivity contribution in [3.8, 4) is 0 Å². The molecule has 0 aliphatic heterocycles. The molecule has 0 amide bonds. The first-order valence-corrected chi connectivity index (χ1v) is 6.18. The van der Waals surface area contributed by atoms with Crippen LogP contribution in [0.3, 0.4) is 0 Å². The predicted octanol–water partition coefficient (Wildman–Crippen LogP) is 4.25. The third-order valence-corrected chi connectivity index (χ3v) is 3.18. The second-order valence-corrected chi connectivity index (χ2v) is 4.99. The van der Waals surface area contributed by atoms with Gasteiger partial charge in [-0.2, -0.15) is 0 Å². The Morgan fingerprint density at radius 2 is 1.44 bits per heavy atom. The van der Waals surface area contributed by atoms with Crippen LogP contribution in [-0.4, -0.2) is 0 Å². The van der Waals surface area contributed by atoms with Crippen molar-refractivity contribution in [1.82, 2.24) is 0 Å². The summed E-state index contributed by atoms with van der Waals surface area (Å²) in [6, 6.07) is 10.6. The van der Waals surface area contributed by atoms with Crippen molar-refractivity contribution in [1.29, 1.82) is 0 Å². The minimum atomic E-state index is 0.820. The Balaban J connectivity index is 2.40. The smallest absolute Gasteiger partial charge is 0.0623 e. The molecule has 0 unspecified atom stereocenters. The number of hydrogen-bond acceptors (Lipinski definition) is 2. The summed E-state index contributed by atoms with van der Waals surface area (Å²) in [6.07, 6.45) is 0. The molecule has 94 valence electrons. The number of nitrogen functional groups attached to an aromatic ring is 1. The van der Waals surface area contributed by atoms with Crippen LogP contribution in [0, 0.1) is 27.7 Å². The van der Waals surface area contributed by atoms with E-state index in [2.05, 4.69) is 56.4 Å². The van der Waals surface area contributed by atoms with E-state index in [9.17, 15) is 0 Å². The maximum absolute atomic E-state index is 6.12. The van der Waals surface area contributed by atoms with Crippen LogP contribution in [0.5, 0.6) is 0 Å². The van der Waals surface area contributed by atoms with Crippen molar-refractivity contribution in [3.63, 3.8) is 0 Å². The molecule has 0 heterocycles. The van der Waals surface area contributed by atoms with E-state index in [-0.39, 0.29) is 0 Å². The van der Waals surface area contributed by atoms with Gasteiger partial charge in [-0.15, -0.1) is 0 Å². The second-order valence-electron chi connectivity index (χ2n) is 4.99. The number of benzene rings is 2. The highest BCUT2D eigenvalue weighted by molar-refractivity contribution is 5.77. The fourth-order valence-corrected chi connectivity index (χ4v) is 2.18. The van der Waals surface area contributed by atoms with E-state index in [1.807, 2.05) is 6.92 Å². The van der Waals surface area contributed by atoms with E-state index < -0.39 is 0 Å². The Hall–Kier alpha value is -1.96. The number of rotatable bonds is 2. The van der Waals surface area contributed by atoms with Gasteiger partial charge in [-0.1, -0.05) is 23.8 Å². The zero-order valence-corrected chi connectivity index (χ0v) is 11.5. The largest absolute Gasteiger partial charge is 0.397 e. The molecule has 2 heteroatoms. The maximum Gasteiger partial charge on any atom is 0.0623 e. The van der Waals surface area contributed by atoms with Crippen LogP contribution in [0.1, 0.15) is 22.3 Å². The third kappa shape index (κ3) is 2.48. The average Bonchev–Trinajstić information content (AvgIpc) is 2.29. The molecule has 2 aromatic rings. The number of anilines is 3. The zero-order valence-electron chi connectivity index (χ0n) is 11.5. The van der Waals surface area contributed by atoms with Gasteiger partial charge >= 0.3 is 0 Å². The highest BCUT2D eigenvalue weighted by atomic mass is 14.9. The predicted molar refractivity (Wildman–Crippen MR) is 79.5 cm³/mol. The maximum atomic E-state index is 6.12. The van der Waals surface area contributed by atoms with E-state index in [1.54, 1.807) is 0 Å². The monoisotopic (exact) mass is 240 g/mol. The Bertz CT molecular complexity index is 586. The summed E-state index contributed by atoms with van der Waals surface area (Å²) in [7, 11) is 0. The fourth-order valence-electron chi connectivity index (χ4n) is 2.18. The van der Waals surface area contributed by atoms with Crippen molar-refractivity contribution in [2.75, 3.05) is 11.1 Å². The molecule has 0 atom stereocenters. The van der Waals surface area contributed by atoms with Crippen molar-refractivity contribution >= 4 is 17.1 Å². The van der Waals surface area contributed by atoms with Crippen molar-refractivity contribution < 1.29 is 0 Å². The van der Waals surface area contributed by atoms with E-state index in [0.717, 1.165) is 22.6 Å². The molecular formula is C16H20N2. The molecule has 0 radical (unpaired) electrons. The van der Waals surface area contributed by atoms with Crippen molar-refractivity contribution in [2.24, 2.45) is 0 Å². The van der Waals surface area contributed by atoms with Gasteiger partial charge in [0.05, 0.1) is 11.4 Å². The van der Waals surface area contributed by atoms with Gasteiger partial charge in [0.25, 0.3) is 0 Å². The molecule has 0 saturated carbocycles. The molecule has 0 bridgehead atoms. The van der Waals surface area contributed by atoms with Crippen LogP contribution < -0.4 is 11.1 Å². The van der Waals surface area contributed by atoms with Crippen LogP contribution >= 0.6 is 0 Å². The van der Waals surface area contributed by atoms with Gasteiger partial charge in [0.2, 0.25) is 0 Å². The lowest BCUT2D eigenvalue weighted by atomic mass is 10.1. The Kier molecular flexibility index (Phi) is 3.28. The average molecular weight is 240 g/mol. The van der Waals surface area contributed by atoms with Crippen LogP contribution in [-0.2, 0) is 0 Å². The summed E-state index contributed by atoms with van der Waals surface area (Å²) >= 11 is 0. The topological polar surface area (TPSA) is 38.0 Å². The quantitative estimate of drug-likeness (QED) is 0.770. The summed E-state index contributed by atoms with van der Waals surface area (Å²) < 4.78 is 0. The molecule has 0 fully saturated rings. The summed E-state index contributed by atoms with van der Waals surface area (Å²) in [4.78, 5) is 0. The van der Waals surface area contributed by atoms with Crippen LogP contribution in [0.4, 0.5) is 17.1 Å². The van der Waals surface area contributed by atoms with Crippen LogP contribution in [0.2, 0.25) is 0 Å². The number of nitrogens with one attached hydrogen (secondary N) is 1. The summed E-state index contributed by atoms with van der Waals surface area (Å²) in [5.41, 5.74) is 13.9. The first-order chi connectivity index (χ1) is 8.47. The molecule has 0 aliphatic rings. The third-order valence-electron chi connectivity index (χ3n) is 3.18. The first-order valence-electron chi connectivity index (χ1n) is 6.18. The lowest BCUT2D eigenvalue weighted by Crippen LogP contribution is -2.00. The molecule has 0 spiro atoms. The van der Waals surface area contributed by atoms with Gasteiger partial charge in [0.15, 0.2) is 0 Å². The summed E-state index contributed by atoms with van der Waals surface area (Å²) in [6.45, 7) is 8.32. The Morgan fingerprint density at radius 3 is 2.11 bits per heavy atom. The number of aryl methyl sites for hydroxylation is 4. The van der Waals surface area contributed by atoms with Crippen molar-refractivity contribution in [2.45, 2.75) is 27.7 Å². The molecule has 2 nitrogen and oxygen atoms in total. The minimum Gasteiger partial charge on any atom is -0.397 e. The normalized spacial score (nSPS) is 10.4. The molecule has 2 rings (SSSR count). The second kappa shape index (κ2) is 4.73. The Labute approximate surface area is 109 Å². The van der Waals surface area contributed by atoms with E-state index in [1.165, 1.54) is 16.7 Å². The van der Waals surface area contributed by atoms with Gasteiger partial charge in [-0.05, 0) is 56.5 Å². The molecule has 3 N–H and O–H groups in total. The number of hydrogen-bond donors (Lipinski definition) is 2. The molecule has 0 saturated heterocycles. The minimum absolute atomic E-state index is 0.820. The summed E-state index contributed by atoms with van der Waals surface area (Å²) in [5.74, 6) is 0. The highest BCUT2D eigenvalue weighted by Gasteiger charge is 2.05. The molecule has 0 aromatic heterocycles. The fraction of sp³-hybridized carbons (Fsp3) is 0.250. The van der Waals surface area contributed by atoms with Gasteiger partial charge in [-0.3, -0.25) is 0 Å². The first kappa shape index (κ1) is 12.5. The molecule has 18 heavy (non-hydrogen) atoms. The molecule has 0 aliphatic carbocycles. The zero-order chi connectivity index (χ0) is 13.3. The SMILES string of the molecule is Cc1ccc(Nc2cc(C)cc(C)c2N)c(C)c1. The van der Waals surface area contributed by atoms with Gasteiger partial charge in [0, 0.05) is 5.69 Å². The van der Waals surface area contributed by atoms with Crippen LogP contribution in [0.15, 0.2) is 30.3 Å². The van der Waals surface area contributed by atoms with Gasteiger partial charge < -0.3 is 11.1 Å². The standard InChI is InChI=1S/C16H20N2/c1-10-5-6-14(12(3)7-10)18-15-9-11(2)8-13(4)16(15)17/h5-9,18H,17H2,1-4H3. The Morgan fingerprint density at radius 1 is 0.778 bits per heavy atom. The molecular weight excluding hydrogens is 220 g/mol. The van der Waals surface area contributed by atoms with Crippen molar-refractivity contribution in [3.05, 3.63) is 52.6 Å². The van der Waals surface area contributed by atoms with E-state index in [4.69, 9.17) is 5.73 Å². The lowest BCUT2D eigenvalue weighted by Gasteiger charge is -2.14. The van der Waals surface area contributed by atoms with E-state index >= 15 is 0 Å².